The van der Waals surface area contributed by atoms with E-state index in [0.29, 0.717) is 26.1 Å². The molecule has 3 aliphatic heterocycles. The highest BCUT2D eigenvalue weighted by molar-refractivity contribution is 8.02. The van der Waals surface area contributed by atoms with Crippen LogP contribution in [0, 0.1) is 23.2 Å². The summed E-state index contributed by atoms with van der Waals surface area (Å²) in [5, 5.41) is 10.5. The van der Waals surface area contributed by atoms with Gasteiger partial charge in [-0.2, -0.15) is 0 Å². The van der Waals surface area contributed by atoms with Crippen LogP contribution in [0.5, 0.6) is 0 Å². The molecule has 0 saturated carbocycles. The average molecular weight is 624 g/mol. The van der Waals surface area contributed by atoms with E-state index in [1.54, 1.807) is 33.7 Å². The van der Waals surface area contributed by atoms with E-state index in [1.165, 1.54) is 0 Å². The van der Waals surface area contributed by atoms with Gasteiger partial charge in [-0.1, -0.05) is 77.1 Å². The zero-order chi connectivity index (χ0) is 32.6. The Labute approximate surface area is 269 Å². The van der Waals surface area contributed by atoms with Crippen molar-refractivity contribution >= 4 is 29.5 Å². The molecule has 242 valence electrons. The van der Waals surface area contributed by atoms with Crippen LogP contribution in [0.15, 0.2) is 55.6 Å². The molecule has 7 atom stereocenters. The van der Waals surface area contributed by atoms with Crippen LogP contribution in [-0.4, -0.2) is 84.8 Å². The zero-order valence-electron chi connectivity index (χ0n) is 27.8. The Morgan fingerprint density at radius 2 is 1.75 bits per heavy atom. The molecular formula is C36H53N3O4S. The van der Waals surface area contributed by atoms with Gasteiger partial charge in [0, 0.05) is 30.4 Å². The largest absolute Gasteiger partial charge is 0.394 e. The molecule has 1 aromatic rings. The fourth-order valence-corrected chi connectivity index (χ4v) is 10.9. The zero-order valence-corrected chi connectivity index (χ0v) is 28.6. The summed E-state index contributed by atoms with van der Waals surface area (Å²) in [6, 6.07) is 8.58. The standard InChI is InChI=1S/C36H53N3O4S/c1-10-18-37(21-25-16-14-13-15-17-25)31(41)28-27-20-24(4)36(44-27)29(28)32(42)39(26(12-3)22-40)30(36)33(43)38(19-11-2)35(8,9)23-34(5,6)7/h10-11,13-17,24,26-30,40H,1-2,12,18-23H2,3-9H3/t24?,26-,27-,28+,29-,30?,36?/m0/s1. The number of thioether (sulfide) groups is 1. The Kier molecular flexibility index (Phi) is 10.2. The molecule has 1 aromatic carbocycles. The Hall–Kier alpha value is -2.58. The van der Waals surface area contributed by atoms with Gasteiger partial charge in [0.2, 0.25) is 17.7 Å². The number of aliphatic hydroxyl groups excluding tert-OH is 1. The minimum absolute atomic E-state index is 0.0367. The van der Waals surface area contributed by atoms with Crippen LogP contribution in [0.4, 0.5) is 0 Å². The fourth-order valence-electron chi connectivity index (χ4n) is 8.54. The molecule has 8 heteroatoms. The maximum Gasteiger partial charge on any atom is 0.247 e. The highest BCUT2D eigenvalue weighted by Crippen LogP contribution is 2.69. The van der Waals surface area contributed by atoms with E-state index in [0.717, 1.165) is 18.4 Å². The molecule has 3 amide bonds. The molecule has 1 spiro atoms. The first-order valence-electron chi connectivity index (χ1n) is 16.1. The van der Waals surface area contributed by atoms with Gasteiger partial charge in [-0.25, -0.2) is 0 Å². The van der Waals surface area contributed by atoms with Gasteiger partial charge < -0.3 is 19.8 Å². The van der Waals surface area contributed by atoms with E-state index in [2.05, 4.69) is 54.7 Å². The number of rotatable bonds is 13. The third-order valence-electron chi connectivity index (χ3n) is 9.93. The second-order valence-electron chi connectivity index (χ2n) is 14.8. The molecule has 0 aromatic heterocycles. The minimum atomic E-state index is -0.777. The van der Waals surface area contributed by atoms with Crippen molar-refractivity contribution in [3.8, 4) is 0 Å². The average Bonchev–Trinajstić information content (AvgIpc) is 3.54. The second-order valence-corrected chi connectivity index (χ2v) is 16.4. The van der Waals surface area contributed by atoms with E-state index < -0.39 is 34.2 Å². The molecule has 3 heterocycles. The number of benzene rings is 1. The molecule has 2 bridgehead atoms. The van der Waals surface area contributed by atoms with Crippen molar-refractivity contribution in [3.63, 3.8) is 0 Å². The van der Waals surface area contributed by atoms with Gasteiger partial charge in [0.15, 0.2) is 0 Å². The number of hydrogen-bond acceptors (Lipinski definition) is 5. The van der Waals surface area contributed by atoms with Crippen LogP contribution in [-0.2, 0) is 20.9 Å². The van der Waals surface area contributed by atoms with Gasteiger partial charge in [-0.3, -0.25) is 14.4 Å². The number of fused-ring (bicyclic) bond motifs is 1. The summed E-state index contributed by atoms with van der Waals surface area (Å²) < 4.78 is -0.758. The van der Waals surface area contributed by atoms with Crippen molar-refractivity contribution in [3.05, 3.63) is 61.2 Å². The molecule has 3 unspecified atom stereocenters. The summed E-state index contributed by atoms with van der Waals surface area (Å²) in [5.74, 6) is -1.47. The predicted molar refractivity (Wildman–Crippen MR) is 179 cm³/mol. The SMILES string of the molecule is C=CCN(Cc1ccccc1)C(=O)[C@@H]1[C@@H]2CC(C)C3(S2)C(C(=O)N(CC=C)C(C)(C)CC(C)(C)C)N([C@@H](CC)CO)C(=O)[C@H]13. The maximum atomic E-state index is 15.1. The molecular weight excluding hydrogens is 570 g/mol. The van der Waals surface area contributed by atoms with Crippen molar-refractivity contribution in [2.75, 3.05) is 19.7 Å². The first-order chi connectivity index (χ1) is 20.7. The van der Waals surface area contributed by atoms with Crippen molar-refractivity contribution in [2.24, 2.45) is 23.2 Å². The highest BCUT2D eigenvalue weighted by atomic mass is 32.2. The molecule has 1 N–H and O–H groups in total. The Balaban J connectivity index is 1.81. The van der Waals surface area contributed by atoms with Gasteiger partial charge in [0.25, 0.3) is 0 Å². The van der Waals surface area contributed by atoms with Crippen molar-refractivity contribution < 1.29 is 19.5 Å². The lowest BCUT2D eigenvalue weighted by atomic mass is 9.65. The van der Waals surface area contributed by atoms with Gasteiger partial charge in [0.05, 0.1) is 29.2 Å². The summed E-state index contributed by atoms with van der Waals surface area (Å²) in [7, 11) is 0. The molecule has 7 nitrogen and oxygen atoms in total. The van der Waals surface area contributed by atoms with Crippen molar-refractivity contribution in [1.82, 2.24) is 14.7 Å². The maximum absolute atomic E-state index is 15.1. The first kappa shape index (κ1) is 34.3. The lowest BCUT2D eigenvalue weighted by Gasteiger charge is -2.47. The number of aliphatic hydroxyl groups is 1. The van der Waals surface area contributed by atoms with E-state index in [9.17, 15) is 14.7 Å². The predicted octanol–water partition coefficient (Wildman–Crippen LogP) is 5.54. The van der Waals surface area contributed by atoms with Crippen molar-refractivity contribution in [2.45, 2.75) is 102 Å². The molecule has 44 heavy (non-hydrogen) atoms. The summed E-state index contributed by atoms with van der Waals surface area (Å²) in [6.07, 6.45) is 5.53. The van der Waals surface area contributed by atoms with Gasteiger partial charge in [-0.05, 0) is 50.0 Å². The molecule has 4 rings (SSSR count). The van der Waals surface area contributed by atoms with E-state index >= 15 is 4.79 Å². The fraction of sp³-hybridized carbons (Fsp3) is 0.639. The molecule has 0 radical (unpaired) electrons. The molecule has 3 aliphatic rings. The van der Waals surface area contributed by atoms with Gasteiger partial charge in [0.1, 0.15) is 6.04 Å². The monoisotopic (exact) mass is 623 g/mol. The minimum Gasteiger partial charge on any atom is -0.394 e. The molecule has 0 aliphatic carbocycles. The Morgan fingerprint density at radius 3 is 2.30 bits per heavy atom. The summed E-state index contributed by atoms with van der Waals surface area (Å²) >= 11 is 1.69. The third-order valence-corrected chi connectivity index (χ3v) is 12.0. The lowest BCUT2D eigenvalue weighted by Crippen LogP contribution is -2.62. The van der Waals surface area contributed by atoms with Crippen LogP contribution >= 0.6 is 11.8 Å². The van der Waals surface area contributed by atoms with Crippen LogP contribution in [0.2, 0.25) is 0 Å². The third kappa shape index (κ3) is 6.01. The number of amides is 3. The Bertz CT molecular complexity index is 1240. The number of carbonyl (C=O) groups excluding carboxylic acids is 3. The molecule has 3 saturated heterocycles. The topological polar surface area (TPSA) is 81.2 Å². The van der Waals surface area contributed by atoms with Crippen LogP contribution in [0.25, 0.3) is 0 Å². The first-order valence-corrected chi connectivity index (χ1v) is 17.0. The lowest BCUT2D eigenvalue weighted by molar-refractivity contribution is -0.149. The van der Waals surface area contributed by atoms with E-state index in [4.69, 9.17) is 0 Å². The highest BCUT2D eigenvalue weighted by Gasteiger charge is 2.77. The van der Waals surface area contributed by atoms with E-state index in [1.807, 2.05) is 42.2 Å². The van der Waals surface area contributed by atoms with E-state index in [-0.39, 0.29) is 40.9 Å². The number of nitrogens with zero attached hydrogens (tertiary/aromatic N) is 3. The summed E-state index contributed by atoms with van der Waals surface area (Å²) in [6.45, 7) is 23.6. The number of likely N-dealkylation sites (tertiary alicyclic amines) is 1. The Morgan fingerprint density at radius 1 is 1.11 bits per heavy atom. The summed E-state index contributed by atoms with van der Waals surface area (Å²) in [4.78, 5) is 49.7. The smallest absolute Gasteiger partial charge is 0.247 e. The van der Waals surface area contributed by atoms with Crippen LogP contribution < -0.4 is 0 Å². The van der Waals surface area contributed by atoms with Gasteiger partial charge >= 0.3 is 0 Å². The second kappa shape index (κ2) is 13.0. The summed E-state index contributed by atoms with van der Waals surface area (Å²) in [5.41, 5.74) is 0.469. The van der Waals surface area contributed by atoms with Crippen molar-refractivity contribution in [1.29, 1.82) is 0 Å². The van der Waals surface area contributed by atoms with Gasteiger partial charge in [-0.15, -0.1) is 24.9 Å². The van der Waals surface area contributed by atoms with Crippen LogP contribution in [0.3, 0.4) is 0 Å². The normalized spacial score (nSPS) is 28.5. The number of hydrogen-bond donors (Lipinski definition) is 1. The quantitative estimate of drug-likeness (QED) is 0.292. The molecule has 3 fully saturated rings. The number of carbonyl (C=O) groups is 3. The van der Waals surface area contributed by atoms with Crippen LogP contribution in [0.1, 0.15) is 73.3 Å².